The summed E-state index contributed by atoms with van der Waals surface area (Å²) in [5, 5.41) is 2.98. The number of rotatable bonds is 6. The molecule has 0 atom stereocenters. The number of halogens is 2. The first kappa shape index (κ1) is 11.2. The van der Waals surface area contributed by atoms with Gasteiger partial charge in [-0.25, -0.2) is 9.37 Å². The van der Waals surface area contributed by atoms with Gasteiger partial charge in [-0.15, -0.1) is 11.6 Å². The highest BCUT2D eigenvalue weighted by Gasteiger charge is 1.93. The molecule has 0 saturated carbocycles. The molecular weight excluding hydrogens is 207 g/mol. The van der Waals surface area contributed by atoms with E-state index in [-0.39, 0.29) is 5.82 Å². The van der Waals surface area contributed by atoms with Crippen LogP contribution in [0.15, 0.2) is 18.3 Å². The highest BCUT2D eigenvalue weighted by atomic mass is 35.5. The van der Waals surface area contributed by atoms with E-state index in [0.717, 1.165) is 0 Å². The SMILES string of the molecule is Fc1ccc(NCCOCCCl)nc1. The van der Waals surface area contributed by atoms with Gasteiger partial charge >= 0.3 is 0 Å². The molecule has 0 aliphatic rings. The molecule has 78 valence electrons. The first-order valence-corrected chi connectivity index (χ1v) is 4.85. The summed E-state index contributed by atoms with van der Waals surface area (Å²) < 4.78 is 17.6. The molecule has 1 N–H and O–H groups in total. The minimum atomic E-state index is -0.339. The van der Waals surface area contributed by atoms with Gasteiger partial charge in [-0.2, -0.15) is 0 Å². The van der Waals surface area contributed by atoms with Gasteiger partial charge in [0, 0.05) is 12.4 Å². The van der Waals surface area contributed by atoms with Crippen LogP contribution in [-0.4, -0.2) is 30.6 Å². The molecule has 0 aliphatic carbocycles. The molecule has 0 aromatic carbocycles. The van der Waals surface area contributed by atoms with Gasteiger partial charge in [0.25, 0.3) is 0 Å². The zero-order valence-corrected chi connectivity index (χ0v) is 8.43. The van der Waals surface area contributed by atoms with Crippen molar-refractivity contribution in [3.8, 4) is 0 Å². The average molecular weight is 219 g/mol. The molecule has 0 radical (unpaired) electrons. The van der Waals surface area contributed by atoms with E-state index in [1.54, 1.807) is 6.07 Å². The van der Waals surface area contributed by atoms with Crippen molar-refractivity contribution in [2.75, 3.05) is 31.0 Å². The second-order valence-corrected chi connectivity index (χ2v) is 2.97. The lowest BCUT2D eigenvalue weighted by molar-refractivity contribution is 0.160. The fourth-order valence-electron chi connectivity index (χ4n) is 0.888. The molecule has 14 heavy (non-hydrogen) atoms. The molecule has 1 heterocycles. The molecule has 5 heteroatoms. The van der Waals surface area contributed by atoms with Crippen molar-refractivity contribution in [1.82, 2.24) is 4.98 Å². The number of hydrogen-bond acceptors (Lipinski definition) is 3. The van der Waals surface area contributed by atoms with Gasteiger partial charge in [0.15, 0.2) is 0 Å². The maximum Gasteiger partial charge on any atom is 0.141 e. The van der Waals surface area contributed by atoms with E-state index in [9.17, 15) is 4.39 Å². The molecule has 0 bridgehead atoms. The van der Waals surface area contributed by atoms with Crippen LogP contribution >= 0.6 is 11.6 Å². The zero-order valence-electron chi connectivity index (χ0n) is 7.67. The third kappa shape index (κ3) is 4.39. The first-order valence-electron chi connectivity index (χ1n) is 4.32. The Morgan fingerprint density at radius 2 is 2.29 bits per heavy atom. The smallest absolute Gasteiger partial charge is 0.141 e. The summed E-state index contributed by atoms with van der Waals surface area (Å²) in [6.45, 7) is 1.74. The number of nitrogens with zero attached hydrogens (tertiary/aromatic N) is 1. The summed E-state index contributed by atoms with van der Waals surface area (Å²) >= 11 is 5.42. The Labute approximate surface area is 87.2 Å². The van der Waals surface area contributed by atoms with E-state index < -0.39 is 0 Å². The molecule has 0 spiro atoms. The number of anilines is 1. The fourth-order valence-corrected chi connectivity index (χ4v) is 0.997. The van der Waals surface area contributed by atoms with Crippen LogP contribution in [0.3, 0.4) is 0 Å². The van der Waals surface area contributed by atoms with Crippen molar-refractivity contribution in [3.63, 3.8) is 0 Å². The Bertz CT molecular complexity index is 255. The number of aromatic nitrogens is 1. The molecule has 3 nitrogen and oxygen atoms in total. The number of ether oxygens (including phenoxy) is 1. The molecule has 0 fully saturated rings. The molecule has 1 aromatic heterocycles. The molecule has 0 unspecified atom stereocenters. The molecule has 0 amide bonds. The van der Waals surface area contributed by atoms with E-state index in [0.29, 0.717) is 31.5 Å². The predicted molar refractivity (Wildman–Crippen MR) is 54.2 cm³/mol. The Morgan fingerprint density at radius 1 is 1.43 bits per heavy atom. The van der Waals surface area contributed by atoms with E-state index in [4.69, 9.17) is 16.3 Å². The lowest BCUT2D eigenvalue weighted by Gasteiger charge is -2.05. The predicted octanol–water partition coefficient (Wildman–Crippen LogP) is 1.89. The van der Waals surface area contributed by atoms with Crippen LogP contribution in [0.1, 0.15) is 0 Å². The lowest BCUT2D eigenvalue weighted by Crippen LogP contribution is -2.11. The summed E-state index contributed by atoms with van der Waals surface area (Å²) in [5.41, 5.74) is 0. The van der Waals surface area contributed by atoms with Gasteiger partial charge < -0.3 is 10.1 Å². The molecule has 0 saturated heterocycles. The van der Waals surface area contributed by atoms with Crippen molar-refractivity contribution in [1.29, 1.82) is 0 Å². The summed E-state index contributed by atoms with van der Waals surface area (Å²) in [6.07, 6.45) is 1.17. The van der Waals surface area contributed by atoms with E-state index in [2.05, 4.69) is 10.3 Å². The van der Waals surface area contributed by atoms with E-state index >= 15 is 0 Å². The second-order valence-electron chi connectivity index (χ2n) is 2.59. The van der Waals surface area contributed by atoms with Crippen LogP contribution in [0.25, 0.3) is 0 Å². The number of nitrogens with one attached hydrogen (secondary N) is 1. The summed E-state index contributed by atoms with van der Waals surface area (Å²) in [7, 11) is 0. The highest BCUT2D eigenvalue weighted by Crippen LogP contribution is 2.02. The lowest BCUT2D eigenvalue weighted by atomic mass is 10.4. The second kappa shape index (κ2) is 6.56. The first-order chi connectivity index (χ1) is 6.83. The molecule has 0 aliphatic heterocycles. The summed E-state index contributed by atoms with van der Waals surface area (Å²) in [6, 6.07) is 2.94. The summed E-state index contributed by atoms with van der Waals surface area (Å²) in [5.74, 6) is 0.796. The van der Waals surface area contributed by atoms with Crippen LogP contribution in [-0.2, 0) is 4.74 Å². The molecule has 1 rings (SSSR count). The maximum absolute atomic E-state index is 12.4. The normalized spacial score (nSPS) is 10.1. The Morgan fingerprint density at radius 3 is 2.93 bits per heavy atom. The van der Waals surface area contributed by atoms with Gasteiger partial charge in [0.2, 0.25) is 0 Å². The molecular formula is C9H12ClFN2O. The van der Waals surface area contributed by atoms with Crippen LogP contribution in [0, 0.1) is 5.82 Å². The number of alkyl halides is 1. The number of hydrogen-bond donors (Lipinski definition) is 1. The monoisotopic (exact) mass is 218 g/mol. The Hall–Kier alpha value is -0.870. The van der Waals surface area contributed by atoms with Crippen molar-refractivity contribution in [2.45, 2.75) is 0 Å². The van der Waals surface area contributed by atoms with E-state index in [1.165, 1.54) is 12.3 Å². The van der Waals surface area contributed by atoms with Crippen LogP contribution in [0.4, 0.5) is 10.2 Å². The van der Waals surface area contributed by atoms with Crippen LogP contribution < -0.4 is 5.32 Å². The van der Waals surface area contributed by atoms with Crippen LogP contribution in [0.5, 0.6) is 0 Å². The fraction of sp³-hybridized carbons (Fsp3) is 0.444. The van der Waals surface area contributed by atoms with Gasteiger partial charge in [-0.3, -0.25) is 0 Å². The molecule has 1 aromatic rings. The van der Waals surface area contributed by atoms with Crippen molar-refractivity contribution in [2.24, 2.45) is 0 Å². The zero-order chi connectivity index (χ0) is 10.2. The largest absolute Gasteiger partial charge is 0.378 e. The quantitative estimate of drug-likeness (QED) is 0.585. The summed E-state index contributed by atoms with van der Waals surface area (Å²) in [4.78, 5) is 3.83. The average Bonchev–Trinajstić information content (AvgIpc) is 2.21. The Balaban J connectivity index is 2.15. The minimum Gasteiger partial charge on any atom is -0.378 e. The third-order valence-electron chi connectivity index (χ3n) is 1.50. The minimum absolute atomic E-state index is 0.339. The van der Waals surface area contributed by atoms with Gasteiger partial charge in [-0.1, -0.05) is 0 Å². The van der Waals surface area contributed by atoms with Gasteiger partial charge in [-0.05, 0) is 12.1 Å². The maximum atomic E-state index is 12.4. The number of pyridine rings is 1. The highest BCUT2D eigenvalue weighted by molar-refractivity contribution is 6.17. The Kier molecular flexibility index (Phi) is 5.25. The van der Waals surface area contributed by atoms with Crippen molar-refractivity contribution < 1.29 is 9.13 Å². The standard InChI is InChI=1S/C9H12ClFN2O/c10-3-5-14-6-4-12-9-2-1-8(11)7-13-9/h1-2,7H,3-6H2,(H,12,13). The van der Waals surface area contributed by atoms with Gasteiger partial charge in [0.05, 0.1) is 19.4 Å². The topological polar surface area (TPSA) is 34.1 Å². The van der Waals surface area contributed by atoms with Crippen molar-refractivity contribution >= 4 is 17.4 Å². The third-order valence-corrected chi connectivity index (χ3v) is 1.66. The van der Waals surface area contributed by atoms with Crippen LogP contribution in [0.2, 0.25) is 0 Å². The van der Waals surface area contributed by atoms with Gasteiger partial charge in [0.1, 0.15) is 11.6 Å². The van der Waals surface area contributed by atoms with Crippen molar-refractivity contribution in [3.05, 3.63) is 24.1 Å². The van der Waals surface area contributed by atoms with E-state index in [1.807, 2.05) is 0 Å².